The van der Waals surface area contributed by atoms with Crippen LogP contribution in [0.3, 0.4) is 0 Å². The van der Waals surface area contributed by atoms with Crippen molar-refractivity contribution in [2.24, 2.45) is 0 Å². The van der Waals surface area contributed by atoms with Crippen molar-refractivity contribution < 1.29 is 9.53 Å². The first-order valence-electron chi connectivity index (χ1n) is 8.57. The van der Waals surface area contributed by atoms with Crippen LogP contribution >= 0.6 is 12.4 Å². The van der Waals surface area contributed by atoms with Gasteiger partial charge in [0.15, 0.2) is 0 Å². The lowest BCUT2D eigenvalue weighted by atomic mass is 10.1. The van der Waals surface area contributed by atoms with E-state index in [0.717, 1.165) is 31.7 Å². The van der Waals surface area contributed by atoms with Crippen molar-refractivity contribution in [2.75, 3.05) is 26.7 Å². The van der Waals surface area contributed by atoms with Gasteiger partial charge in [0.1, 0.15) is 11.5 Å². The molecule has 0 radical (unpaired) electrons. The molecule has 0 unspecified atom stereocenters. The van der Waals surface area contributed by atoms with Gasteiger partial charge in [-0.1, -0.05) is 42.5 Å². The highest BCUT2D eigenvalue weighted by molar-refractivity contribution is 5.85. The number of hydrogen-bond acceptors (Lipinski definition) is 3. The standard InChI is InChI=1S/C21H27NO2.ClH/c1-18(23)13-15-22(2)14-6-16-24-21-11-9-20(10-12-21)17-19-7-4-3-5-8-19;/h3-5,7-12H,6,13-17H2,1-2H3;1H. The maximum Gasteiger partial charge on any atom is 0.131 e. The fourth-order valence-electron chi connectivity index (χ4n) is 2.52. The number of hydrogen-bond donors (Lipinski definition) is 0. The van der Waals surface area contributed by atoms with Gasteiger partial charge in [-0.3, -0.25) is 4.79 Å². The van der Waals surface area contributed by atoms with Crippen LogP contribution in [-0.4, -0.2) is 37.4 Å². The summed E-state index contributed by atoms with van der Waals surface area (Å²) in [6.45, 7) is 4.10. The Kier molecular flexibility index (Phi) is 9.90. The first kappa shape index (κ1) is 21.2. The number of benzene rings is 2. The number of Topliss-reactive ketones (excluding diaryl/α,β-unsaturated/α-hetero) is 1. The molecular formula is C21H28ClNO2. The van der Waals surface area contributed by atoms with Crippen LogP contribution in [0, 0.1) is 0 Å². The second kappa shape index (κ2) is 11.7. The Labute approximate surface area is 157 Å². The lowest BCUT2D eigenvalue weighted by molar-refractivity contribution is -0.117. The van der Waals surface area contributed by atoms with E-state index in [1.54, 1.807) is 6.92 Å². The summed E-state index contributed by atoms with van der Waals surface area (Å²) in [5, 5.41) is 0. The largest absolute Gasteiger partial charge is 0.494 e. The maximum absolute atomic E-state index is 11.0. The first-order valence-corrected chi connectivity index (χ1v) is 8.57. The summed E-state index contributed by atoms with van der Waals surface area (Å²) in [7, 11) is 2.04. The van der Waals surface area contributed by atoms with E-state index in [2.05, 4.69) is 41.3 Å². The highest BCUT2D eigenvalue weighted by Crippen LogP contribution is 2.15. The molecule has 0 atom stereocenters. The van der Waals surface area contributed by atoms with Crippen LogP contribution in [0.15, 0.2) is 54.6 Å². The molecule has 136 valence electrons. The predicted molar refractivity (Wildman–Crippen MR) is 106 cm³/mol. The molecule has 3 nitrogen and oxygen atoms in total. The van der Waals surface area contributed by atoms with Gasteiger partial charge in [-0.2, -0.15) is 0 Å². The highest BCUT2D eigenvalue weighted by Gasteiger charge is 2.01. The topological polar surface area (TPSA) is 29.5 Å². The molecule has 0 saturated heterocycles. The number of halogens is 1. The fourth-order valence-corrected chi connectivity index (χ4v) is 2.52. The minimum absolute atomic E-state index is 0. The van der Waals surface area contributed by atoms with E-state index in [4.69, 9.17) is 4.74 Å². The maximum atomic E-state index is 11.0. The Hall–Kier alpha value is -1.84. The molecule has 2 aromatic rings. The van der Waals surface area contributed by atoms with Crippen molar-refractivity contribution in [3.05, 3.63) is 65.7 Å². The van der Waals surface area contributed by atoms with Crippen LogP contribution in [0.2, 0.25) is 0 Å². The van der Waals surface area contributed by atoms with Gasteiger partial charge >= 0.3 is 0 Å². The van der Waals surface area contributed by atoms with Crippen LogP contribution < -0.4 is 4.74 Å². The van der Waals surface area contributed by atoms with Gasteiger partial charge in [0.2, 0.25) is 0 Å². The third-order valence-corrected chi connectivity index (χ3v) is 3.97. The minimum Gasteiger partial charge on any atom is -0.494 e. The second-order valence-corrected chi connectivity index (χ2v) is 6.26. The molecule has 0 heterocycles. The van der Waals surface area contributed by atoms with Gasteiger partial charge < -0.3 is 9.64 Å². The summed E-state index contributed by atoms with van der Waals surface area (Å²) in [5.41, 5.74) is 2.61. The summed E-state index contributed by atoms with van der Waals surface area (Å²) >= 11 is 0. The lowest BCUT2D eigenvalue weighted by Crippen LogP contribution is -2.23. The molecule has 0 aliphatic carbocycles. The fraction of sp³-hybridized carbons (Fsp3) is 0.381. The molecule has 0 aliphatic rings. The monoisotopic (exact) mass is 361 g/mol. The normalized spacial score (nSPS) is 10.4. The number of nitrogens with zero attached hydrogens (tertiary/aromatic N) is 1. The van der Waals surface area contributed by atoms with E-state index < -0.39 is 0 Å². The van der Waals surface area contributed by atoms with Crippen molar-refractivity contribution in [2.45, 2.75) is 26.2 Å². The zero-order valence-electron chi connectivity index (χ0n) is 15.1. The van der Waals surface area contributed by atoms with Gasteiger partial charge in [0.05, 0.1) is 6.61 Å². The zero-order valence-corrected chi connectivity index (χ0v) is 15.9. The van der Waals surface area contributed by atoms with Crippen molar-refractivity contribution in [3.8, 4) is 5.75 Å². The Bertz CT molecular complexity index is 614. The van der Waals surface area contributed by atoms with Gasteiger partial charge in [-0.25, -0.2) is 0 Å². The Morgan fingerprint density at radius 1 is 0.960 bits per heavy atom. The number of ether oxygens (including phenoxy) is 1. The Morgan fingerprint density at radius 2 is 1.60 bits per heavy atom. The molecule has 0 saturated carbocycles. The Balaban J connectivity index is 0.00000312. The van der Waals surface area contributed by atoms with Crippen molar-refractivity contribution in [3.63, 3.8) is 0 Å². The average molecular weight is 362 g/mol. The molecular weight excluding hydrogens is 334 g/mol. The molecule has 0 aromatic heterocycles. The first-order chi connectivity index (χ1) is 11.6. The van der Waals surface area contributed by atoms with Gasteiger partial charge in [-0.05, 0) is 50.1 Å². The third kappa shape index (κ3) is 8.71. The summed E-state index contributed by atoms with van der Waals surface area (Å²) in [4.78, 5) is 13.1. The molecule has 0 aliphatic heterocycles. The predicted octanol–water partition coefficient (Wildman–Crippen LogP) is 4.38. The van der Waals surface area contributed by atoms with Gasteiger partial charge in [0.25, 0.3) is 0 Å². The molecule has 25 heavy (non-hydrogen) atoms. The lowest BCUT2D eigenvalue weighted by Gasteiger charge is -2.15. The minimum atomic E-state index is 0. The highest BCUT2D eigenvalue weighted by atomic mass is 35.5. The van der Waals surface area contributed by atoms with E-state index >= 15 is 0 Å². The average Bonchev–Trinajstić information content (AvgIpc) is 2.59. The van der Waals surface area contributed by atoms with Crippen molar-refractivity contribution >= 4 is 18.2 Å². The van der Waals surface area contributed by atoms with E-state index in [0.29, 0.717) is 13.0 Å². The van der Waals surface area contributed by atoms with Crippen LogP contribution in [0.4, 0.5) is 0 Å². The summed E-state index contributed by atoms with van der Waals surface area (Å²) in [5.74, 6) is 1.16. The molecule has 0 N–H and O–H groups in total. The van der Waals surface area contributed by atoms with E-state index in [1.807, 2.05) is 25.2 Å². The van der Waals surface area contributed by atoms with E-state index in [9.17, 15) is 4.79 Å². The van der Waals surface area contributed by atoms with E-state index in [-0.39, 0.29) is 18.2 Å². The summed E-state index contributed by atoms with van der Waals surface area (Å²) in [6.07, 6.45) is 2.53. The second-order valence-electron chi connectivity index (χ2n) is 6.26. The molecule has 0 spiro atoms. The quantitative estimate of drug-likeness (QED) is 0.588. The number of rotatable bonds is 10. The molecule has 2 rings (SSSR count). The van der Waals surface area contributed by atoms with Crippen LogP contribution in [-0.2, 0) is 11.2 Å². The summed E-state index contributed by atoms with van der Waals surface area (Å²) < 4.78 is 5.79. The molecule has 4 heteroatoms. The van der Waals surface area contributed by atoms with E-state index in [1.165, 1.54) is 11.1 Å². The number of ketones is 1. The van der Waals surface area contributed by atoms with Gasteiger partial charge in [-0.15, -0.1) is 12.4 Å². The number of carbonyl (C=O) groups is 1. The van der Waals surface area contributed by atoms with Crippen molar-refractivity contribution in [1.29, 1.82) is 0 Å². The summed E-state index contributed by atoms with van der Waals surface area (Å²) in [6, 6.07) is 18.8. The zero-order chi connectivity index (χ0) is 17.2. The smallest absolute Gasteiger partial charge is 0.131 e. The van der Waals surface area contributed by atoms with Gasteiger partial charge in [0, 0.05) is 19.5 Å². The van der Waals surface area contributed by atoms with Crippen molar-refractivity contribution in [1.82, 2.24) is 4.90 Å². The SMILES string of the molecule is CC(=O)CCN(C)CCCOc1ccc(Cc2ccccc2)cc1.Cl. The molecule has 0 fully saturated rings. The van der Waals surface area contributed by atoms with Crippen LogP contribution in [0.25, 0.3) is 0 Å². The number of carbonyl (C=O) groups excluding carboxylic acids is 1. The molecule has 2 aromatic carbocycles. The third-order valence-electron chi connectivity index (χ3n) is 3.97. The van der Waals surface area contributed by atoms with Crippen LogP contribution in [0.5, 0.6) is 5.75 Å². The Morgan fingerprint density at radius 3 is 2.24 bits per heavy atom. The molecule has 0 amide bonds. The van der Waals surface area contributed by atoms with Crippen LogP contribution in [0.1, 0.15) is 30.9 Å². The molecule has 0 bridgehead atoms.